The molecule has 0 aliphatic rings. The summed E-state index contributed by atoms with van der Waals surface area (Å²) in [4.78, 5) is 11.9. The van der Waals surface area contributed by atoms with Crippen molar-refractivity contribution in [3.63, 3.8) is 0 Å². The molecule has 0 fully saturated rings. The van der Waals surface area contributed by atoms with E-state index >= 15 is 0 Å². The topological polar surface area (TPSA) is 55.1 Å². The SMILES string of the molecule is Cc1noc(C)c1CC(=O)NC[C@H](C)c1ccsc1. The van der Waals surface area contributed by atoms with E-state index in [1.807, 2.05) is 13.8 Å². The zero-order valence-electron chi connectivity index (χ0n) is 11.4. The molecule has 19 heavy (non-hydrogen) atoms. The fraction of sp³-hybridized carbons (Fsp3) is 0.429. The second-order valence-corrected chi connectivity index (χ2v) is 5.52. The summed E-state index contributed by atoms with van der Waals surface area (Å²) in [5, 5.41) is 11.0. The monoisotopic (exact) mass is 278 g/mol. The van der Waals surface area contributed by atoms with Crippen LogP contribution in [-0.4, -0.2) is 17.6 Å². The van der Waals surface area contributed by atoms with E-state index in [-0.39, 0.29) is 5.91 Å². The summed E-state index contributed by atoms with van der Waals surface area (Å²) in [6.45, 7) is 6.45. The highest BCUT2D eigenvalue weighted by atomic mass is 32.1. The van der Waals surface area contributed by atoms with Crippen molar-refractivity contribution in [1.29, 1.82) is 0 Å². The van der Waals surface area contributed by atoms with Gasteiger partial charge in [-0.3, -0.25) is 4.79 Å². The molecule has 1 atom stereocenters. The summed E-state index contributed by atoms with van der Waals surface area (Å²) >= 11 is 1.68. The highest BCUT2D eigenvalue weighted by molar-refractivity contribution is 7.07. The zero-order chi connectivity index (χ0) is 13.8. The molecule has 0 aliphatic heterocycles. The van der Waals surface area contributed by atoms with Crippen LogP contribution in [0, 0.1) is 13.8 Å². The van der Waals surface area contributed by atoms with Crippen molar-refractivity contribution in [2.45, 2.75) is 33.1 Å². The summed E-state index contributed by atoms with van der Waals surface area (Å²) in [7, 11) is 0. The van der Waals surface area contributed by atoms with E-state index in [0.717, 1.165) is 17.0 Å². The number of aryl methyl sites for hydroxylation is 2. The molecule has 0 spiro atoms. The predicted molar refractivity (Wildman–Crippen MR) is 75.4 cm³/mol. The summed E-state index contributed by atoms with van der Waals surface area (Å²) < 4.78 is 5.05. The fourth-order valence-electron chi connectivity index (χ4n) is 1.92. The van der Waals surface area contributed by atoms with Crippen LogP contribution < -0.4 is 5.32 Å². The Morgan fingerprint density at radius 2 is 2.32 bits per heavy atom. The van der Waals surface area contributed by atoms with E-state index in [9.17, 15) is 4.79 Å². The quantitative estimate of drug-likeness (QED) is 0.915. The molecule has 2 aromatic rings. The van der Waals surface area contributed by atoms with Crippen molar-refractivity contribution in [2.24, 2.45) is 0 Å². The standard InChI is InChI=1S/C14H18N2O2S/c1-9(12-4-5-19-8-12)7-15-14(17)6-13-10(2)16-18-11(13)3/h4-5,8-9H,6-7H2,1-3H3,(H,15,17)/t9-/m0/s1. The van der Waals surface area contributed by atoms with Gasteiger partial charge in [-0.05, 0) is 42.2 Å². The molecule has 0 unspecified atom stereocenters. The number of rotatable bonds is 5. The van der Waals surface area contributed by atoms with Crippen LogP contribution in [0.4, 0.5) is 0 Å². The number of aromatic nitrogens is 1. The van der Waals surface area contributed by atoms with Crippen LogP contribution in [0.15, 0.2) is 21.3 Å². The fourth-order valence-corrected chi connectivity index (χ4v) is 2.70. The average molecular weight is 278 g/mol. The van der Waals surface area contributed by atoms with Gasteiger partial charge in [-0.1, -0.05) is 12.1 Å². The van der Waals surface area contributed by atoms with Gasteiger partial charge in [0.15, 0.2) is 0 Å². The van der Waals surface area contributed by atoms with Crippen LogP contribution in [0.25, 0.3) is 0 Å². The zero-order valence-corrected chi connectivity index (χ0v) is 12.2. The maximum Gasteiger partial charge on any atom is 0.224 e. The molecule has 2 heterocycles. The van der Waals surface area contributed by atoms with E-state index < -0.39 is 0 Å². The largest absolute Gasteiger partial charge is 0.361 e. The lowest BCUT2D eigenvalue weighted by Crippen LogP contribution is -2.29. The first kappa shape index (κ1) is 13.8. The third kappa shape index (κ3) is 3.44. The van der Waals surface area contributed by atoms with E-state index in [0.29, 0.717) is 18.9 Å². The maximum atomic E-state index is 11.9. The van der Waals surface area contributed by atoms with Gasteiger partial charge in [0.25, 0.3) is 0 Å². The van der Waals surface area contributed by atoms with E-state index in [1.165, 1.54) is 5.56 Å². The molecule has 0 aromatic carbocycles. The number of carbonyl (C=O) groups is 1. The van der Waals surface area contributed by atoms with Gasteiger partial charge < -0.3 is 9.84 Å². The Morgan fingerprint density at radius 3 is 2.89 bits per heavy atom. The summed E-state index contributed by atoms with van der Waals surface area (Å²) in [6, 6.07) is 2.09. The second-order valence-electron chi connectivity index (χ2n) is 4.74. The summed E-state index contributed by atoms with van der Waals surface area (Å²) in [5.41, 5.74) is 2.95. The van der Waals surface area contributed by atoms with E-state index in [4.69, 9.17) is 4.52 Å². The first-order valence-corrected chi connectivity index (χ1v) is 7.22. The lowest BCUT2D eigenvalue weighted by atomic mass is 10.0. The predicted octanol–water partition coefficient (Wildman–Crippen LogP) is 2.82. The van der Waals surface area contributed by atoms with Crippen molar-refractivity contribution in [3.05, 3.63) is 39.4 Å². The van der Waals surface area contributed by atoms with Gasteiger partial charge in [0.05, 0.1) is 12.1 Å². The minimum atomic E-state index is 0.0106. The van der Waals surface area contributed by atoms with Crippen LogP contribution in [0.3, 0.4) is 0 Å². The molecular weight excluding hydrogens is 260 g/mol. The van der Waals surface area contributed by atoms with Gasteiger partial charge in [-0.25, -0.2) is 0 Å². The van der Waals surface area contributed by atoms with Crippen LogP contribution in [0.5, 0.6) is 0 Å². The third-order valence-corrected chi connectivity index (χ3v) is 3.94. The second kappa shape index (κ2) is 6.02. The van der Waals surface area contributed by atoms with Crippen molar-refractivity contribution in [2.75, 3.05) is 6.54 Å². The minimum Gasteiger partial charge on any atom is -0.361 e. The highest BCUT2D eigenvalue weighted by Crippen LogP contribution is 2.17. The van der Waals surface area contributed by atoms with Crippen LogP contribution in [0.2, 0.25) is 0 Å². The van der Waals surface area contributed by atoms with E-state index in [1.54, 1.807) is 11.3 Å². The molecule has 2 rings (SSSR count). The number of hydrogen-bond donors (Lipinski definition) is 1. The molecule has 0 aliphatic carbocycles. The van der Waals surface area contributed by atoms with Crippen molar-refractivity contribution in [3.8, 4) is 0 Å². The van der Waals surface area contributed by atoms with Gasteiger partial charge >= 0.3 is 0 Å². The Morgan fingerprint density at radius 1 is 1.53 bits per heavy atom. The highest BCUT2D eigenvalue weighted by Gasteiger charge is 2.14. The Balaban J connectivity index is 1.85. The number of carbonyl (C=O) groups excluding carboxylic acids is 1. The molecule has 1 N–H and O–H groups in total. The first-order valence-electron chi connectivity index (χ1n) is 6.28. The molecular formula is C14H18N2O2S. The molecule has 0 saturated heterocycles. The molecule has 4 nitrogen and oxygen atoms in total. The molecule has 5 heteroatoms. The lowest BCUT2D eigenvalue weighted by molar-refractivity contribution is -0.120. The third-order valence-electron chi connectivity index (χ3n) is 3.24. The van der Waals surface area contributed by atoms with Crippen molar-refractivity contribution >= 4 is 17.2 Å². The van der Waals surface area contributed by atoms with Gasteiger partial charge in [-0.15, -0.1) is 0 Å². The molecule has 1 amide bonds. The Hall–Kier alpha value is -1.62. The number of amides is 1. The summed E-state index contributed by atoms with van der Waals surface area (Å²) in [5.74, 6) is 1.06. The normalized spacial score (nSPS) is 12.4. The first-order chi connectivity index (χ1) is 9.08. The summed E-state index contributed by atoms with van der Waals surface area (Å²) in [6.07, 6.45) is 0.331. The van der Waals surface area contributed by atoms with Gasteiger partial charge in [-0.2, -0.15) is 11.3 Å². The molecule has 0 saturated carbocycles. The van der Waals surface area contributed by atoms with Gasteiger partial charge in [0.2, 0.25) is 5.91 Å². The molecule has 0 radical (unpaired) electrons. The number of nitrogens with one attached hydrogen (secondary N) is 1. The van der Waals surface area contributed by atoms with Crippen LogP contribution >= 0.6 is 11.3 Å². The van der Waals surface area contributed by atoms with Crippen LogP contribution in [0.1, 0.15) is 35.4 Å². The minimum absolute atomic E-state index is 0.0106. The smallest absolute Gasteiger partial charge is 0.224 e. The Kier molecular flexibility index (Phi) is 4.37. The van der Waals surface area contributed by atoms with Crippen LogP contribution in [-0.2, 0) is 11.2 Å². The molecule has 102 valence electrons. The average Bonchev–Trinajstić information content (AvgIpc) is 3.01. The van der Waals surface area contributed by atoms with Gasteiger partial charge in [0, 0.05) is 12.1 Å². The molecule has 0 bridgehead atoms. The van der Waals surface area contributed by atoms with E-state index in [2.05, 4.69) is 34.2 Å². The maximum absolute atomic E-state index is 11.9. The van der Waals surface area contributed by atoms with Gasteiger partial charge in [0.1, 0.15) is 5.76 Å². The number of hydrogen-bond acceptors (Lipinski definition) is 4. The Bertz CT molecular complexity index is 526. The number of nitrogens with zero attached hydrogens (tertiary/aromatic N) is 1. The lowest BCUT2D eigenvalue weighted by Gasteiger charge is -2.11. The van der Waals surface area contributed by atoms with Crippen molar-refractivity contribution in [1.82, 2.24) is 10.5 Å². The number of thiophene rings is 1. The molecule has 2 aromatic heterocycles. The Labute approximate surface area is 116 Å². The van der Waals surface area contributed by atoms with Crippen molar-refractivity contribution < 1.29 is 9.32 Å².